The average molecular weight is 317 g/mol. The van der Waals surface area contributed by atoms with Crippen molar-refractivity contribution in [2.75, 3.05) is 13.2 Å². The second kappa shape index (κ2) is 5.86. The Balaban J connectivity index is 1.90. The minimum absolute atomic E-state index is 0.0875. The van der Waals surface area contributed by atoms with Crippen molar-refractivity contribution in [1.29, 1.82) is 0 Å². The molecule has 0 aliphatic carbocycles. The van der Waals surface area contributed by atoms with Crippen molar-refractivity contribution in [3.8, 4) is 0 Å². The molecule has 0 bridgehead atoms. The third-order valence-electron chi connectivity index (χ3n) is 3.99. The zero-order valence-corrected chi connectivity index (χ0v) is 12.9. The van der Waals surface area contributed by atoms with Crippen molar-refractivity contribution in [2.24, 2.45) is 0 Å². The monoisotopic (exact) mass is 317 g/mol. The number of aliphatic hydroxyl groups is 1. The minimum atomic E-state index is -0.231. The van der Waals surface area contributed by atoms with Gasteiger partial charge in [-0.25, -0.2) is 9.97 Å². The summed E-state index contributed by atoms with van der Waals surface area (Å²) >= 11 is 0. The molecule has 0 saturated carbocycles. The maximum absolute atomic E-state index is 12.1. The predicted molar refractivity (Wildman–Crippen MR) is 94.0 cm³/mol. The molecule has 0 radical (unpaired) electrons. The van der Waals surface area contributed by atoms with Crippen LogP contribution in [0.3, 0.4) is 0 Å². The van der Waals surface area contributed by atoms with Crippen LogP contribution >= 0.6 is 0 Å². The third-order valence-corrected chi connectivity index (χ3v) is 3.99. The lowest BCUT2D eigenvalue weighted by atomic mass is 10.1. The zero-order chi connectivity index (χ0) is 16.5. The average Bonchev–Trinajstić information content (AvgIpc) is 2.64. The Bertz CT molecular complexity index is 1080. The molecular weight excluding hydrogens is 302 g/mol. The summed E-state index contributed by atoms with van der Waals surface area (Å²) in [4.78, 5) is 21.4. The van der Waals surface area contributed by atoms with Gasteiger partial charge in [-0.1, -0.05) is 30.3 Å². The van der Waals surface area contributed by atoms with E-state index in [2.05, 4.69) is 10.3 Å². The number of nitrogens with zero attached hydrogens (tertiary/aromatic N) is 2. The van der Waals surface area contributed by atoms with Gasteiger partial charge in [0.2, 0.25) is 0 Å². The number of hydrogen-bond donors (Lipinski definition) is 2. The van der Waals surface area contributed by atoms with E-state index in [1.54, 1.807) is 18.2 Å². The molecule has 0 spiro atoms. The van der Waals surface area contributed by atoms with Crippen LogP contribution in [0.4, 0.5) is 0 Å². The first-order valence-electron chi connectivity index (χ1n) is 7.74. The van der Waals surface area contributed by atoms with Crippen molar-refractivity contribution in [2.45, 2.75) is 0 Å². The van der Waals surface area contributed by atoms with Crippen LogP contribution in [-0.4, -0.2) is 34.1 Å². The molecule has 0 aliphatic rings. The number of aromatic nitrogens is 2. The Kier molecular flexibility index (Phi) is 3.55. The molecule has 118 valence electrons. The van der Waals surface area contributed by atoms with E-state index in [0.29, 0.717) is 11.1 Å². The summed E-state index contributed by atoms with van der Waals surface area (Å²) in [5, 5.41) is 13.6. The van der Waals surface area contributed by atoms with Gasteiger partial charge in [-0.15, -0.1) is 0 Å². The summed E-state index contributed by atoms with van der Waals surface area (Å²) in [6, 6.07) is 17.3. The molecular formula is C19H15N3O2. The number of carbonyl (C=O) groups is 1. The van der Waals surface area contributed by atoms with Crippen molar-refractivity contribution in [3.05, 3.63) is 60.2 Å². The van der Waals surface area contributed by atoms with E-state index in [9.17, 15) is 4.79 Å². The Morgan fingerprint density at radius 3 is 2.67 bits per heavy atom. The van der Waals surface area contributed by atoms with Gasteiger partial charge >= 0.3 is 0 Å². The number of fused-ring (bicyclic) bond motifs is 4. The van der Waals surface area contributed by atoms with Gasteiger partial charge in [0.1, 0.15) is 0 Å². The predicted octanol–water partition coefficient (Wildman–Crippen LogP) is 2.66. The van der Waals surface area contributed by atoms with Gasteiger partial charge in [0, 0.05) is 17.5 Å². The van der Waals surface area contributed by atoms with Crippen LogP contribution in [0, 0.1) is 0 Å². The van der Waals surface area contributed by atoms with E-state index in [1.807, 2.05) is 36.4 Å². The first kappa shape index (κ1) is 14.5. The molecule has 5 nitrogen and oxygen atoms in total. The van der Waals surface area contributed by atoms with Gasteiger partial charge in [-0.3, -0.25) is 4.79 Å². The Hall–Kier alpha value is -3.05. The van der Waals surface area contributed by atoms with Gasteiger partial charge in [0.15, 0.2) is 0 Å². The number of carbonyl (C=O) groups excluding carboxylic acids is 1. The number of hydrogen-bond acceptors (Lipinski definition) is 4. The molecule has 0 atom stereocenters. The molecule has 5 heteroatoms. The molecule has 4 aromatic rings. The fraction of sp³-hybridized carbons (Fsp3) is 0.105. The highest BCUT2D eigenvalue weighted by molar-refractivity contribution is 6.06. The molecule has 2 N–H and O–H groups in total. The number of amides is 1. The van der Waals surface area contributed by atoms with Crippen molar-refractivity contribution in [1.82, 2.24) is 15.3 Å². The lowest BCUT2D eigenvalue weighted by molar-refractivity contribution is 0.0945. The van der Waals surface area contributed by atoms with Gasteiger partial charge in [-0.05, 0) is 29.7 Å². The second-order valence-electron chi connectivity index (χ2n) is 5.56. The number of nitrogens with one attached hydrogen (secondary N) is 1. The first-order valence-corrected chi connectivity index (χ1v) is 7.74. The number of benzene rings is 3. The summed E-state index contributed by atoms with van der Waals surface area (Å²) < 4.78 is 0. The van der Waals surface area contributed by atoms with Crippen LogP contribution in [0.25, 0.3) is 32.8 Å². The molecule has 0 aliphatic heterocycles. The summed E-state index contributed by atoms with van der Waals surface area (Å²) in [6.07, 6.45) is 0. The number of rotatable bonds is 3. The minimum Gasteiger partial charge on any atom is -0.395 e. The van der Waals surface area contributed by atoms with E-state index in [4.69, 9.17) is 10.1 Å². The SMILES string of the molecule is O=C(NCCO)c1ccc2nc3ccc4ccccc4c3nc2c1. The number of aliphatic hydroxyl groups excluding tert-OH is 1. The largest absolute Gasteiger partial charge is 0.395 e. The molecule has 0 saturated heterocycles. The Morgan fingerprint density at radius 1 is 0.958 bits per heavy atom. The van der Waals surface area contributed by atoms with Crippen molar-refractivity contribution in [3.63, 3.8) is 0 Å². The summed E-state index contributed by atoms with van der Waals surface area (Å²) in [5.74, 6) is -0.231. The molecule has 0 unspecified atom stereocenters. The highest BCUT2D eigenvalue weighted by Gasteiger charge is 2.09. The van der Waals surface area contributed by atoms with Crippen LogP contribution in [-0.2, 0) is 0 Å². The quantitative estimate of drug-likeness (QED) is 0.450. The third kappa shape index (κ3) is 2.45. The van der Waals surface area contributed by atoms with Gasteiger partial charge in [0.05, 0.1) is 28.7 Å². The fourth-order valence-corrected chi connectivity index (χ4v) is 2.82. The summed E-state index contributed by atoms with van der Waals surface area (Å²) in [7, 11) is 0. The Labute approximate surface area is 138 Å². The molecule has 1 aromatic heterocycles. The lowest BCUT2D eigenvalue weighted by Gasteiger charge is -2.07. The molecule has 1 heterocycles. The molecule has 24 heavy (non-hydrogen) atoms. The van der Waals surface area contributed by atoms with E-state index in [0.717, 1.165) is 27.3 Å². The highest BCUT2D eigenvalue weighted by Crippen LogP contribution is 2.25. The lowest BCUT2D eigenvalue weighted by Crippen LogP contribution is -2.26. The van der Waals surface area contributed by atoms with E-state index >= 15 is 0 Å². The van der Waals surface area contributed by atoms with Crippen molar-refractivity contribution < 1.29 is 9.90 Å². The summed E-state index contributed by atoms with van der Waals surface area (Å²) in [5.41, 5.74) is 3.59. The molecule has 3 aromatic carbocycles. The first-order chi connectivity index (χ1) is 11.8. The maximum atomic E-state index is 12.1. The molecule has 4 rings (SSSR count). The smallest absolute Gasteiger partial charge is 0.251 e. The van der Waals surface area contributed by atoms with Gasteiger partial charge < -0.3 is 10.4 Å². The van der Waals surface area contributed by atoms with Crippen LogP contribution in [0.15, 0.2) is 54.6 Å². The normalized spacial score (nSPS) is 11.2. The van der Waals surface area contributed by atoms with E-state index in [-0.39, 0.29) is 19.1 Å². The highest BCUT2D eigenvalue weighted by atomic mass is 16.3. The van der Waals surface area contributed by atoms with Crippen LogP contribution in [0.2, 0.25) is 0 Å². The van der Waals surface area contributed by atoms with Crippen LogP contribution < -0.4 is 5.32 Å². The van der Waals surface area contributed by atoms with Gasteiger partial charge in [-0.2, -0.15) is 0 Å². The summed E-state index contributed by atoms with van der Waals surface area (Å²) in [6.45, 7) is 0.140. The molecule has 0 fully saturated rings. The Morgan fingerprint density at radius 2 is 1.79 bits per heavy atom. The fourth-order valence-electron chi connectivity index (χ4n) is 2.82. The molecule has 1 amide bonds. The second-order valence-corrected chi connectivity index (χ2v) is 5.56. The van der Waals surface area contributed by atoms with Crippen LogP contribution in [0.1, 0.15) is 10.4 Å². The van der Waals surface area contributed by atoms with Crippen LogP contribution in [0.5, 0.6) is 0 Å². The standard InChI is InChI=1S/C19H15N3O2/c23-10-9-20-19(24)13-6-7-15-17(11-13)22-18-14-4-2-1-3-12(14)5-8-16(18)21-15/h1-8,11,23H,9-10H2,(H,20,24). The zero-order valence-electron chi connectivity index (χ0n) is 12.9. The van der Waals surface area contributed by atoms with E-state index < -0.39 is 0 Å². The maximum Gasteiger partial charge on any atom is 0.251 e. The van der Waals surface area contributed by atoms with E-state index in [1.165, 1.54) is 0 Å². The topological polar surface area (TPSA) is 75.1 Å². The van der Waals surface area contributed by atoms with Crippen molar-refractivity contribution >= 4 is 38.7 Å². The van der Waals surface area contributed by atoms with Gasteiger partial charge in [0.25, 0.3) is 5.91 Å².